The van der Waals surface area contributed by atoms with Crippen LogP contribution >= 0.6 is 0 Å². The minimum Gasteiger partial charge on any atom is -0.462 e. The first kappa shape index (κ1) is 59.4. The lowest BCUT2D eigenvalue weighted by Crippen LogP contribution is -2.30. The van der Waals surface area contributed by atoms with E-state index in [-0.39, 0.29) is 31.1 Å². The van der Waals surface area contributed by atoms with Crippen LogP contribution in [0.2, 0.25) is 0 Å². The summed E-state index contributed by atoms with van der Waals surface area (Å²) < 4.78 is 16.8. The summed E-state index contributed by atoms with van der Waals surface area (Å²) in [5.41, 5.74) is 0. The van der Waals surface area contributed by atoms with Crippen molar-refractivity contribution in [3.05, 3.63) is 48.6 Å². The van der Waals surface area contributed by atoms with Crippen molar-refractivity contribution in [1.82, 2.24) is 0 Å². The van der Waals surface area contributed by atoms with Gasteiger partial charge in [-0.1, -0.05) is 223 Å². The van der Waals surface area contributed by atoms with Crippen LogP contribution in [0.4, 0.5) is 0 Å². The lowest BCUT2D eigenvalue weighted by atomic mass is 10.0. The average molecular weight is 869 g/mol. The minimum atomic E-state index is -0.780. The van der Waals surface area contributed by atoms with Crippen molar-refractivity contribution < 1.29 is 28.6 Å². The van der Waals surface area contributed by atoms with Crippen LogP contribution in [-0.4, -0.2) is 37.2 Å². The van der Waals surface area contributed by atoms with Crippen molar-refractivity contribution in [3.63, 3.8) is 0 Å². The molecule has 360 valence electrons. The van der Waals surface area contributed by atoms with Crippen molar-refractivity contribution in [1.29, 1.82) is 0 Å². The zero-order valence-electron chi connectivity index (χ0n) is 41.1. The summed E-state index contributed by atoms with van der Waals surface area (Å²) in [6.45, 7) is 6.52. The highest BCUT2D eigenvalue weighted by atomic mass is 16.6. The lowest BCUT2D eigenvalue weighted by molar-refractivity contribution is -0.167. The van der Waals surface area contributed by atoms with Gasteiger partial charge in [-0.2, -0.15) is 0 Å². The van der Waals surface area contributed by atoms with Gasteiger partial charge in [-0.15, -0.1) is 0 Å². The Labute approximate surface area is 384 Å². The Morgan fingerprint density at radius 3 is 1.00 bits per heavy atom. The van der Waals surface area contributed by atoms with Gasteiger partial charge in [0.05, 0.1) is 0 Å². The predicted octanol–water partition coefficient (Wildman–Crippen LogP) is 17.5. The van der Waals surface area contributed by atoms with E-state index in [1.807, 2.05) is 0 Å². The summed E-state index contributed by atoms with van der Waals surface area (Å²) in [5, 5.41) is 0. The van der Waals surface area contributed by atoms with Gasteiger partial charge in [-0.25, -0.2) is 0 Å². The molecule has 0 heterocycles. The number of unbranched alkanes of at least 4 members (excludes halogenated alkanes) is 29. The first-order chi connectivity index (χ1) is 30.5. The summed E-state index contributed by atoms with van der Waals surface area (Å²) in [7, 11) is 0. The zero-order chi connectivity index (χ0) is 45.1. The van der Waals surface area contributed by atoms with E-state index in [1.54, 1.807) is 0 Å². The standard InChI is InChI=1S/C56H100O6/c1-4-7-10-13-16-19-22-25-27-28-30-31-34-37-40-43-46-49-55(58)61-52-53(51-60-54(57)48-45-42-39-36-33-24-21-18-15-12-9-6-3)62-56(59)50-47-44-41-38-35-32-29-26-23-20-17-14-11-8-5-2/h8,11,17,20,25-27,29,53H,4-7,9-10,12-16,18-19,21-24,28,30-52H2,1-3H3/b11-8-,20-17-,27-25-,29-26-/t53-/m1/s1. The fraction of sp³-hybridized carbons (Fsp3) is 0.804. The highest BCUT2D eigenvalue weighted by molar-refractivity contribution is 5.71. The first-order valence-electron chi connectivity index (χ1n) is 26.6. The molecule has 0 saturated carbocycles. The Morgan fingerprint density at radius 2 is 0.629 bits per heavy atom. The molecule has 62 heavy (non-hydrogen) atoms. The van der Waals surface area contributed by atoms with Gasteiger partial charge in [0.1, 0.15) is 13.2 Å². The molecule has 6 heteroatoms. The van der Waals surface area contributed by atoms with Crippen LogP contribution in [0.5, 0.6) is 0 Å². The Bertz CT molecular complexity index is 1090. The molecule has 0 N–H and O–H groups in total. The molecule has 0 aromatic rings. The smallest absolute Gasteiger partial charge is 0.306 e. The van der Waals surface area contributed by atoms with Crippen LogP contribution in [0.3, 0.4) is 0 Å². The molecule has 0 aliphatic heterocycles. The maximum Gasteiger partial charge on any atom is 0.306 e. The monoisotopic (exact) mass is 869 g/mol. The molecule has 0 aromatic heterocycles. The molecule has 0 unspecified atom stereocenters. The maximum atomic E-state index is 12.8. The second-order valence-corrected chi connectivity index (χ2v) is 17.8. The Kier molecular flexibility index (Phi) is 48.8. The molecule has 0 aromatic carbocycles. The van der Waals surface area contributed by atoms with E-state index in [9.17, 15) is 14.4 Å². The summed E-state index contributed by atoms with van der Waals surface area (Å²) in [6.07, 6.45) is 60.9. The summed E-state index contributed by atoms with van der Waals surface area (Å²) in [4.78, 5) is 38.0. The van der Waals surface area contributed by atoms with E-state index >= 15 is 0 Å². The number of hydrogen-bond donors (Lipinski definition) is 0. The molecule has 0 aliphatic carbocycles. The second-order valence-electron chi connectivity index (χ2n) is 17.8. The van der Waals surface area contributed by atoms with E-state index < -0.39 is 6.10 Å². The molecular weight excluding hydrogens is 769 g/mol. The van der Waals surface area contributed by atoms with E-state index in [0.29, 0.717) is 19.3 Å². The molecule has 0 fully saturated rings. The SMILES string of the molecule is CC/C=C\C/C=C\C/C=C\CCCCCCCC(=O)O[C@@H](COC(=O)CCCCCCCCC/C=C\CCCCCCCC)COC(=O)CCCCCCCCCCCCCC. The molecule has 0 radical (unpaired) electrons. The third kappa shape index (κ3) is 48.4. The fourth-order valence-electron chi connectivity index (χ4n) is 7.57. The van der Waals surface area contributed by atoms with Crippen molar-refractivity contribution in [3.8, 4) is 0 Å². The topological polar surface area (TPSA) is 78.9 Å². The van der Waals surface area contributed by atoms with Gasteiger partial charge in [-0.3, -0.25) is 14.4 Å². The third-order valence-electron chi connectivity index (χ3n) is 11.6. The lowest BCUT2D eigenvalue weighted by Gasteiger charge is -2.18. The van der Waals surface area contributed by atoms with Crippen molar-refractivity contribution in [2.24, 2.45) is 0 Å². The summed E-state index contributed by atoms with van der Waals surface area (Å²) >= 11 is 0. The third-order valence-corrected chi connectivity index (χ3v) is 11.6. The molecule has 0 aliphatic rings. The Balaban J connectivity index is 4.37. The number of hydrogen-bond acceptors (Lipinski definition) is 6. The van der Waals surface area contributed by atoms with Gasteiger partial charge >= 0.3 is 17.9 Å². The number of ether oxygens (including phenoxy) is 3. The van der Waals surface area contributed by atoms with E-state index in [2.05, 4.69) is 69.4 Å². The Morgan fingerprint density at radius 1 is 0.339 bits per heavy atom. The van der Waals surface area contributed by atoms with Crippen LogP contribution in [0, 0.1) is 0 Å². The second kappa shape index (κ2) is 51.0. The molecule has 0 bridgehead atoms. The highest BCUT2D eigenvalue weighted by Gasteiger charge is 2.19. The van der Waals surface area contributed by atoms with Crippen LogP contribution in [0.1, 0.15) is 271 Å². The molecule has 0 saturated heterocycles. The van der Waals surface area contributed by atoms with Gasteiger partial charge < -0.3 is 14.2 Å². The van der Waals surface area contributed by atoms with Gasteiger partial charge in [0, 0.05) is 19.3 Å². The van der Waals surface area contributed by atoms with Gasteiger partial charge in [0.15, 0.2) is 6.10 Å². The van der Waals surface area contributed by atoms with E-state index in [4.69, 9.17) is 14.2 Å². The average Bonchev–Trinajstić information content (AvgIpc) is 3.27. The molecule has 0 rings (SSSR count). The molecule has 1 atom stereocenters. The Hall–Kier alpha value is -2.63. The maximum absolute atomic E-state index is 12.8. The predicted molar refractivity (Wildman–Crippen MR) is 265 cm³/mol. The molecule has 0 spiro atoms. The van der Waals surface area contributed by atoms with E-state index in [1.165, 1.54) is 135 Å². The number of rotatable bonds is 48. The highest BCUT2D eigenvalue weighted by Crippen LogP contribution is 2.15. The number of esters is 3. The summed E-state index contributed by atoms with van der Waals surface area (Å²) in [5.74, 6) is -0.892. The van der Waals surface area contributed by atoms with Crippen molar-refractivity contribution in [2.75, 3.05) is 13.2 Å². The van der Waals surface area contributed by atoms with E-state index in [0.717, 1.165) is 96.3 Å². The van der Waals surface area contributed by atoms with Gasteiger partial charge in [0.2, 0.25) is 0 Å². The van der Waals surface area contributed by atoms with Crippen LogP contribution in [0.25, 0.3) is 0 Å². The zero-order valence-corrected chi connectivity index (χ0v) is 41.1. The van der Waals surface area contributed by atoms with Crippen molar-refractivity contribution >= 4 is 17.9 Å². The van der Waals surface area contributed by atoms with Gasteiger partial charge in [-0.05, 0) is 77.0 Å². The van der Waals surface area contributed by atoms with Crippen LogP contribution in [-0.2, 0) is 28.6 Å². The molecule has 0 amide bonds. The van der Waals surface area contributed by atoms with Gasteiger partial charge in [0.25, 0.3) is 0 Å². The van der Waals surface area contributed by atoms with Crippen LogP contribution in [0.15, 0.2) is 48.6 Å². The largest absolute Gasteiger partial charge is 0.462 e. The first-order valence-corrected chi connectivity index (χ1v) is 26.6. The number of carbonyl (C=O) groups excluding carboxylic acids is 3. The minimum absolute atomic E-state index is 0.0791. The molecule has 6 nitrogen and oxygen atoms in total. The molecular formula is C56H100O6. The number of allylic oxidation sites excluding steroid dienone is 8. The number of carbonyl (C=O) groups is 3. The van der Waals surface area contributed by atoms with Crippen molar-refractivity contribution in [2.45, 2.75) is 277 Å². The normalized spacial score (nSPS) is 12.4. The quantitative estimate of drug-likeness (QED) is 0.0262. The fourth-order valence-corrected chi connectivity index (χ4v) is 7.57. The van der Waals surface area contributed by atoms with Crippen LogP contribution < -0.4 is 0 Å². The summed E-state index contributed by atoms with van der Waals surface area (Å²) in [6, 6.07) is 0.